The molecule has 0 atom stereocenters. The van der Waals surface area contributed by atoms with E-state index in [9.17, 15) is 49.9 Å². The van der Waals surface area contributed by atoms with Gasteiger partial charge in [0.2, 0.25) is 11.5 Å². The fraction of sp³-hybridized carbons (Fsp3) is 0.105. The lowest BCUT2D eigenvalue weighted by Crippen LogP contribution is -2.13. The van der Waals surface area contributed by atoms with Crippen molar-refractivity contribution in [2.75, 3.05) is 21.3 Å². The molecular weight excluding hydrogens is 1430 g/mol. The molecule has 8 aromatic carbocycles. The van der Waals surface area contributed by atoms with Crippen molar-refractivity contribution < 1.29 is 68.0 Å². The molecule has 4 amide bonds. The number of hydrogen-bond donors (Lipinski definition) is 4. The van der Waals surface area contributed by atoms with Gasteiger partial charge in [0.1, 0.15) is 17.8 Å². The van der Waals surface area contributed by atoms with E-state index >= 15 is 0 Å². The van der Waals surface area contributed by atoms with Gasteiger partial charge in [-0.1, -0.05) is 124 Å². The Kier molecular flexibility index (Phi) is 21.2. The molecule has 0 aliphatic carbocycles. The third-order valence-electron chi connectivity index (χ3n) is 16.6. The lowest BCUT2D eigenvalue weighted by atomic mass is 10.1. The Bertz CT molecular complexity index is 5830. The molecule has 0 saturated heterocycles. The first-order valence-electron chi connectivity index (χ1n) is 32.6. The third-order valence-corrected chi connectivity index (χ3v) is 16.8. The summed E-state index contributed by atoms with van der Waals surface area (Å²) in [7, 11) is 0. The van der Waals surface area contributed by atoms with Crippen molar-refractivity contribution in [3.8, 4) is 0 Å². The molecular formula is C76H56ClF7N16O8. The number of hydrogen-bond acceptors (Lipinski definition) is 16. The molecule has 32 heteroatoms. The van der Waals surface area contributed by atoms with E-state index in [0.29, 0.717) is 80.2 Å². The highest BCUT2D eigenvalue weighted by atomic mass is 35.5. The first-order chi connectivity index (χ1) is 52.1. The van der Waals surface area contributed by atoms with Crippen molar-refractivity contribution in [1.29, 1.82) is 0 Å². The van der Waals surface area contributed by atoms with Crippen LogP contribution < -0.4 is 21.3 Å². The summed E-state index contributed by atoms with van der Waals surface area (Å²) in [6.45, 7) is 4.98. The predicted octanol–water partition coefficient (Wildman–Crippen LogP) is 16.7. The maximum absolute atomic E-state index is 13.1. The monoisotopic (exact) mass is 1490 g/mol. The summed E-state index contributed by atoms with van der Waals surface area (Å²) < 4.78 is 116. The van der Waals surface area contributed by atoms with Crippen LogP contribution >= 0.6 is 11.6 Å². The number of amides is 4. The van der Waals surface area contributed by atoms with Gasteiger partial charge in [-0.2, -0.15) is 46.7 Å². The number of anilines is 4. The van der Waals surface area contributed by atoms with Gasteiger partial charge in [0.15, 0.2) is 29.0 Å². The number of aryl methyl sites for hydroxylation is 2. The van der Waals surface area contributed by atoms with Gasteiger partial charge in [0.25, 0.3) is 23.6 Å². The summed E-state index contributed by atoms with van der Waals surface area (Å²) in [5.41, 5.74) is 6.20. The van der Waals surface area contributed by atoms with Crippen LogP contribution in [0.15, 0.2) is 249 Å². The van der Waals surface area contributed by atoms with Crippen LogP contribution in [-0.2, 0) is 38.5 Å². The Morgan fingerprint density at radius 3 is 1.20 bits per heavy atom. The number of halogens is 8. The van der Waals surface area contributed by atoms with Gasteiger partial charge in [0.05, 0.1) is 83.6 Å². The van der Waals surface area contributed by atoms with Crippen molar-refractivity contribution in [2.45, 2.75) is 52.4 Å². The minimum atomic E-state index is -4.38. The van der Waals surface area contributed by atoms with Gasteiger partial charge in [-0.25, -0.2) is 9.02 Å². The van der Waals surface area contributed by atoms with Gasteiger partial charge in [-0.3, -0.25) is 37.9 Å². The Labute approximate surface area is 610 Å². The highest BCUT2D eigenvalue weighted by Gasteiger charge is 2.31. The van der Waals surface area contributed by atoms with Gasteiger partial charge < -0.3 is 34.7 Å². The number of para-hydroxylation sites is 4. The van der Waals surface area contributed by atoms with Crippen LogP contribution in [0.4, 0.5) is 54.0 Å². The smallest absolute Gasteiger partial charge is 0.416 e. The molecule has 16 aromatic rings. The van der Waals surface area contributed by atoms with Gasteiger partial charge in [0, 0.05) is 38.2 Å². The zero-order valence-corrected chi connectivity index (χ0v) is 57.2. The zero-order chi connectivity index (χ0) is 75.6. The zero-order valence-electron chi connectivity index (χ0n) is 56.4. The maximum atomic E-state index is 13.1. The van der Waals surface area contributed by atoms with E-state index in [4.69, 9.17) is 25.1 Å². The van der Waals surface area contributed by atoms with Crippen molar-refractivity contribution in [3.63, 3.8) is 0 Å². The van der Waals surface area contributed by atoms with E-state index in [1.807, 2.05) is 95.7 Å². The number of rotatable bonds is 16. The first kappa shape index (κ1) is 72.5. The highest BCUT2D eigenvalue weighted by Crippen LogP contribution is 2.33. The van der Waals surface area contributed by atoms with Crippen molar-refractivity contribution in [3.05, 3.63) is 309 Å². The SMILES string of the molecule is Cc1cnoc1C(=O)Nc1nn(Cc2ccc(C(F)(F)F)cc2)c2ccccc12.Cc1occc1C(=O)Nc1nn(Cc2ccc(Cl)cc2)c2ccccc12.O=C(Nc1nn(Cc2ccc(C(F)(F)F)cc2)c2ccccc12)c1cnon1.O=C(Nc1nn(Cc2ccc(F)cc2)c2ccccc12)c1ccno1. The third kappa shape index (κ3) is 17.0. The number of carbonyl (C=O) groups is 4. The minimum absolute atomic E-state index is 0.00127. The summed E-state index contributed by atoms with van der Waals surface area (Å²) >= 11 is 5.96. The lowest BCUT2D eigenvalue weighted by molar-refractivity contribution is -0.138. The van der Waals surface area contributed by atoms with E-state index in [1.54, 1.807) is 76.4 Å². The maximum Gasteiger partial charge on any atom is 0.416 e. The summed E-state index contributed by atoms with van der Waals surface area (Å²) in [5.74, 6) is 0.400. The van der Waals surface area contributed by atoms with Crippen molar-refractivity contribution >= 4 is 102 Å². The van der Waals surface area contributed by atoms with Crippen LogP contribution in [0.3, 0.4) is 0 Å². The number of alkyl halides is 6. The molecule has 0 aliphatic rings. The molecule has 4 N–H and O–H groups in total. The van der Waals surface area contributed by atoms with E-state index in [2.05, 4.69) is 66.9 Å². The summed E-state index contributed by atoms with van der Waals surface area (Å²) in [4.78, 5) is 49.3. The molecule has 0 unspecified atom stereocenters. The summed E-state index contributed by atoms with van der Waals surface area (Å²) in [5, 5.41) is 46.6. The van der Waals surface area contributed by atoms with Crippen LogP contribution in [0.2, 0.25) is 5.02 Å². The Morgan fingerprint density at radius 2 is 0.833 bits per heavy atom. The number of fused-ring (bicyclic) bond motifs is 4. The normalized spacial score (nSPS) is 11.4. The molecule has 0 aliphatic heterocycles. The van der Waals surface area contributed by atoms with Gasteiger partial charge in [-0.05, 0) is 144 Å². The molecule has 8 heterocycles. The Morgan fingerprint density at radius 1 is 0.435 bits per heavy atom. The topological polar surface area (TPSA) is 292 Å². The molecule has 0 saturated carbocycles. The fourth-order valence-electron chi connectivity index (χ4n) is 11.2. The number of carbonyl (C=O) groups excluding carboxylic acids is 4. The van der Waals surface area contributed by atoms with Gasteiger partial charge >= 0.3 is 12.4 Å². The van der Waals surface area contributed by atoms with Crippen molar-refractivity contribution in [2.24, 2.45) is 0 Å². The van der Waals surface area contributed by atoms with Gasteiger partial charge in [-0.15, -0.1) is 0 Å². The molecule has 0 fully saturated rings. The molecule has 0 bridgehead atoms. The van der Waals surface area contributed by atoms with E-state index < -0.39 is 41.2 Å². The molecule has 0 radical (unpaired) electrons. The van der Waals surface area contributed by atoms with Crippen LogP contribution in [-0.4, -0.2) is 83.4 Å². The number of nitrogens with one attached hydrogen (secondary N) is 4. The summed E-state index contributed by atoms with van der Waals surface area (Å²) in [6, 6.07) is 56.6. The Balaban J connectivity index is 0.000000127. The number of furan rings is 1. The molecule has 16 rings (SSSR count). The van der Waals surface area contributed by atoms with Crippen molar-refractivity contribution in [1.82, 2.24) is 59.7 Å². The average molecular weight is 1490 g/mol. The molecule has 24 nitrogen and oxygen atoms in total. The van der Waals surface area contributed by atoms with Crippen LogP contribution in [0.25, 0.3) is 43.6 Å². The second-order valence-corrected chi connectivity index (χ2v) is 24.4. The first-order valence-corrected chi connectivity index (χ1v) is 33.0. The molecule has 0 spiro atoms. The van der Waals surface area contributed by atoms with E-state index in [1.165, 1.54) is 67.3 Å². The quantitative estimate of drug-likeness (QED) is 0.0654. The Hall–Kier alpha value is -13.8. The predicted molar refractivity (Wildman–Crippen MR) is 383 cm³/mol. The lowest BCUT2D eigenvalue weighted by Gasteiger charge is -2.08. The molecule has 108 heavy (non-hydrogen) atoms. The second kappa shape index (κ2) is 31.6. The number of benzene rings is 8. The summed E-state index contributed by atoms with van der Waals surface area (Å²) in [6.07, 6.45) is -3.24. The number of aromatic nitrogens is 12. The largest absolute Gasteiger partial charge is 0.469 e. The second-order valence-electron chi connectivity index (χ2n) is 24.0. The standard InChI is InChI=1S/C20H16ClN3O2.C20H15F3N4O2.C18H12F3N5O2.C18H13FN4O2/c1-13-16(10-11-26-13)20(25)22-19-17-4-2-3-5-18(17)24(23-19)12-14-6-8-15(21)9-7-14;1-12-10-24-29-17(12)19(28)25-18-15-4-2-3-5-16(15)27(26-18)11-13-6-8-14(9-7-13)20(21,22)23;19-18(20,21)12-7-5-11(6-8-12)10-26-15-4-2-1-3-13(15)16(24-26)23-17(27)14-9-22-28-25-14;19-13-7-5-12(6-8-13)11-23-15-4-2-1-3-14(15)17(22-23)21-18(24)16-9-10-20-25-16/h2-11H,12H2,1H3,(H,22,23,25);2-10H,11H2,1H3,(H,25,26,28);1-9H,10H2,(H,23,24,27);1-10H,11H2,(H,21,22,24). The van der Waals surface area contributed by atoms with E-state index in [-0.39, 0.29) is 42.0 Å². The molecule has 544 valence electrons. The highest BCUT2D eigenvalue weighted by molar-refractivity contribution is 6.30. The van der Waals surface area contributed by atoms with Crippen LogP contribution in [0, 0.1) is 19.7 Å². The number of nitrogens with zero attached hydrogens (tertiary/aromatic N) is 12. The minimum Gasteiger partial charge on any atom is -0.469 e. The molecule has 8 aromatic heterocycles. The average Bonchev–Trinajstić information content (AvgIpc) is 1.66. The fourth-order valence-corrected chi connectivity index (χ4v) is 11.4. The van der Waals surface area contributed by atoms with Crippen LogP contribution in [0.1, 0.15) is 86.7 Å². The van der Waals surface area contributed by atoms with E-state index in [0.717, 1.165) is 68.2 Å². The van der Waals surface area contributed by atoms with Crippen LogP contribution in [0.5, 0.6) is 0 Å².